The summed E-state index contributed by atoms with van der Waals surface area (Å²) in [6.07, 6.45) is 2.55. The maximum Gasteiger partial charge on any atom is 0.328 e. The quantitative estimate of drug-likeness (QED) is 0.721. The monoisotopic (exact) mass is 294 g/mol. The smallest absolute Gasteiger partial charge is 0.328 e. The summed E-state index contributed by atoms with van der Waals surface area (Å²) < 4.78 is 27.9. The summed E-state index contributed by atoms with van der Waals surface area (Å²) in [4.78, 5) is 26.5. The highest BCUT2D eigenvalue weighted by Crippen LogP contribution is 2.45. The van der Waals surface area contributed by atoms with Crippen molar-refractivity contribution in [3.8, 4) is 0 Å². The molecule has 0 radical (unpaired) electrons. The SMILES string of the molecule is CCOP(=O)(O)CCCP(=O)(O)c1ncccn1. The molecule has 0 bridgehead atoms. The summed E-state index contributed by atoms with van der Waals surface area (Å²) in [6.45, 7) is 1.74. The van der Waals surface area contributed by atoms with Crippen LogP contribution in [0.25, 0.3) is 0 Å². The second kappa shape index (κ2) is 6.55. The fraction of sp³-hybridized carbons (Fsp3) is 0.556. The highest BCUT2D eigenvalue weighted by molar-refractivity contribution is 7.65. The van der Waals surface area contributed by atoms with Crippen LogP contribution in [0.3, 0.4) is 0 Å². The van der Waals surface area contributed by atoms with Crippen molar-refractivity contribution in [1.29, 1.82) is 0 Å². The van der Waals surface area contributed by atoms with Crippen LogP contribution in [0, 0.1) is 0 Å². The lowest BCUT2D eigenvalue weighted by molar-refractivity contribution is 0.273. The number of hydrogen-bond donors (Lipinski definition) is 2. The minimum absolute atomic E-state index is 0.0970. The van der Waals surface area contributed by atoms with E-state index in [9.17, 15) is 18.9 Å². The molecule has 9 heteroatoms. The molecule has 2 unspecified atom stereocenters. The lowest BCUT2D eigenvalue weighted by Crippen LogP contribution is -2.15. The zero-order valence-electron chi connectivity index (χ0n) is 9.97. The van der Waals surface area contributed by atoms with E-state index in [0.29, 0.717) is 0 Å². The van der Waals surface area contributed by atoms with Crippen molar-refractivity contribution in [3.63, 3.8) is 0 Å². The molecule has 1 aromatic heterocycles. The maximum atomic E-state index is 11.9. The van der Waals surface area contributed by atoms with Gasteiger partial charge in [0.15, 0.2) is 0 Å². The molecular formula is C9H16N2O5P2. The molecule has 2 N–H and O–H groups in total. The van der Waals surface area contributed by atoms with Crippen LogP contribution < -0.4 is 5.57 Å². The van der Waals surface area contributed by atoms with Crippen LogP contribution in [-0.4, -0.2) is 38.7 Å². The first-order chi connectivity index (χ1) is 8.37. The van der Waals surface area contributed by atoms with E-state index in [4.69, 9.17) is 0 Å². The van der Waals surface area contributed by atoms with Crippen LogP contribution in [0.1, 0.15) is 13.3 Å². The van der Waals surface area contributed by atoms with Gasteiger partial charge in [0.25, 0.3) is 7.37 Å². The Balaban J connectivity index is 2.54. The number of nitrogens with zero attached hydrogens (tertiary/aromatic N) is 2. The first-order valence-corrected chi connectivity index (χ1v) is 9.04. The summed E-state index contributed by atoms with van der Waals surface area (Å²) in [7, 11) is -7.30. The topological polar surface area (TPSA) is 110 Å². The van der Waals surface area contributed by atoms with Crippen molar-refractivity contribution in [2.24, 2.45) is 0 Å². The van der Waals surface area contributed by atoms with Crippen LogP contribution in [-0.2, 0) is 13.7 Å². The van der Waals surface area contributed by atoms with Gasteiger partial charge in [-0.05, 0) is 19.4 Å². The molecule has 0 amide bonds. The molecule has 18 heavy (non-hydrogen) atoms. The molecule has 102 valence electrons. The van der Waals surface area contributed by atoms with Crippen LogP contribution >= 0.6 is 15.0 Å². The molecule has 1 aromatic rings. The van der Waals surface area contributed by atoms with Crippen molar-refractivity contribution in [3.05, 3.63) is 18.5 Å². The highest BCUT2D eigenvalue weighted by atomic mass is 31.2. The second-order valence-electron chi connectivity index (χ2n) is 3.61. The van der Waals surface area contributed by atoms with Gasteiger partial charge >= 0.3 is 7.60 Å². The van der Waals surface area contributed by atoms with E-state index >= 15 is 0 Å². The molecule has 0 spiro atoms. The van der Waals surface area contributed by atoms with Crippen molar-refractivity contribution in [2.75, 3.05) is 18.9 Å². The largest absolute Gasteiger partial charge is 0.339 e. The number of aromatic nitrogens is 2. The third kappa shape index (κ3) is 4.96. The van der Waals surface area contributed by atoms with Gasteiger partial charge in [-0.25, -0.2) is 9.97 Å². The second-order valence-corrected chi connectivity index (χ2v) is 7.84. The average Bonchev–Trinajstić information content (AvgIpc) is 2.29. The Hall–Kier alpha value is -0.580. The van der Waals surface area contributed by atoms with Gasteiger partial charge in [-0.15, -0.1) is 0 Å². The maximum absolute atomic E-state index is 11.9. The van der Waals surface area contributed by atoms with E-state index in [0.717, 1.165) is 0 Å². The van der Waals surface area contributed by atoms with Crippen molar-refractivity contribution >= 4 is 20.5 Å². The highest BCUT2D eigenvalue weighted by Gasteiger charge is 2.26. The molecule has 0 saturated carbocycles. The van der Waals surface area contributed by atoms with E-state index in [1.165, 1.54) is 12.4 Å². The fourth-order valence-corrected chi connectivity index (χ4v) is 3.94. The molecule has 0 saturated heterocycles. The van der Waals surface area contributed by atoms with Crippen molar-refractivity contribution in [2.45, 2.75) is 13.3 Å². The molecule has 0 aliphatic rings. The Morgan fingerprint density at radius 2 is 1.83 bits per heavy atom. The molecule has 0 aromatic carbocycles. The first kappa shape index (κ1) is 15.5. The van der Waals surface area contributed by atoms with Gasteiger partial charge in [0, 0.05) is 18.6 Å². The standard InChI is InChI=1S/C9H16N2O5P2/c1-2-16-18(14,15)8-4-7-17(12,13)9-10-5-3-6-11-9/h3,5-6H,2,4,7-8H2,1H3,(H,12,13)(H,14,15). The summed E-state index contributed by atoms with van der Waals surface area (Å²) in [5.74, 6) is 0. The third-order valence-corrected chi connectivity index (χ3v) is 5.42. The zero-order valence-corrected chi connectivity index (χ0v) is 11.8. The minimum Gasteiger partial charge on any atom is -0.339 e. The van der Waals surface area contributed by atoms with Gasteiger partial charge < -0.3 is 14.3 Å². The van der Waals surface area contributed by atoms with E-state index in [2.05, 4.69) is 14.5 Å². The van der Waals surface area contributed by atoms with Gasteiger partial charge in [-0.1, -0.05) is 0 Å². The Morgan fingerprint density at radius 1 is 1.22 bits per heavy atom. The molecule has 1 rings (SSSR count). The molecule has 7 nitrogen and oxygen atoms in total. The summed E-state index contributed by atoms with van der Waals surface area (Å²) >= 11 is 0. The number of hydrogen-bond acceptors (Lipinski definition) is 5. The molecular weight excluding hydrogens is 278 g/mol. The average molecular weight is 294 g/mol. The number of rotatable bonds is 7. The van der Waals surface area contributed by atoms with Gasteiger partial charge in [0.1, 0.15) is 0 Å². The van der Waals surface area contributed by atoms with E-state index in [1.54, 1.807) is 13.0 Å². The van der Waals surface area contributed by atoms with E-state index in [-0.39, 0.29) is 30.9 Å². The first-order valence-electron chi connectivity index (χ1n) is 5.43. The lowest BCUT2D eigenvalue weighted by atomic mass is 10.6. The molecule has 0 aliphatic carbocycles. The minimum atomic E-state index is -3.66. The van der Waals surface area contributed by atoms with E-state index in [1.807, 2.05) is 0 Å². The summed E-state index contributed by atoms with van der Waals surface area (Å²) in [5.41, 5.74) is -0.130. The van der Waals surface area contributed by atoms with Gasteiger partial charge in [-0.3, -0.25) is 9.13 Å². The van der Waals surface area contributed by atoms with Crippen LogP contribution in [0.5, 0.6) is 0 Å². The van der Waals surface area contributed by atoms with E-state index < -0.39 is 15.0 Å². The normalized spacial score (nSPS) is 17.9. The third-order valence-electron chi connectivity index (χ3n) is 2.10. The lowest BCUT2D eigenvalue weighted by Gasteiger charge is -2.12. The van der Waals surface area contributed by atoms with Gasteiger partial charge in [0.05, 0.1) is 12.8 Å². The van der Waals surface area contributed by atoms with Gasteiger partial charge in [0.2, 0.25) is 5.57 Å². The Labute approximate surface area is 105 Å². The summed E-state index contributed by atoms with van der Waals surface area (Å²) in [5, 5.41) is 0. The fourth-order valence-electron chi connectivity index (χ4n) is 1.32. The van der Waals surface area contributed by atoms with Gasteiger partial charge in [-0.2, -0.15) is 0 Å². The zero-order chi connectivity index (χ0) is 13.6. The Morgan fingerprint density at radius 3 is 2.39 bits per heavy atom. The van der Waals surface area contributed by atoms with Crippen molar-refractivity contribution in [1.82, 2.24) is 9.97 Å². The Kier molecular flexibility index (Phi) is 5.63. The van der Waals surface area contributed by atoms with Crippen molar-refractivity contribution < 1.29 is 23.4 Å². The molecule has 1 heterocycles. The predicted molar refractivity (Wildman–Crippen MR) is 67.3 cm³/mol. The Bertz CT molecular complexity index is 467. The van der Waals surface area contributed by atoms with Crippen LogP contribution in [0.4, 0.5) is 0 Å². The van der Waals surface area contributed by atoms with Crippen LogP contribution in [0.2, 0.25) is 0 Å². The predicted octanol–water partition coefficient (Wildman–Crippen LogP) is 0.984. The molecule has 0 fully saturated rings. The molecule has 0 aliphatic heterocycles. The van der Waals surface area contributed by atoms with Crippen LogP contribution in [0.15, 0.2) is 18.5 Å². The molecule has 2 atom stereocenters. The summed E-state index contributed by atoms with van der Waals surface area (Å²) in [6, 6.07) is 1.54.